The standard InChI is InChI=1S/C13H11BrN2O2/c1-16-4-3-15-13(16)11-6-8-5-9(17-2)7-10(14)12(8)18-11/h3-7H,1-2H3. The highest BCUT2D eigenvalue weighted by Gasteiger charge is 2.13. The van der Waals surface area contributed by atoms with E-state index in [1.807, 2.05) is 36.0 Å². The molecule has 0 saturated carbocycles. The van der Waals surface area contributed by atoms with Crippen LogP contribution in [0.2, 0.25) is 0 Å². The van der Waals surface area contributed by atoms with Crippen molar-refractivity contribution in [2.45, 2.75) is 0 Å². The second-order valence-electron chi connectivity index (χ2n) is 4.00. The Hall–Kier alpha value is -1.75. The molecule has 0 aliphatic rings. The van der Waals surface area contributed by atoms with Crippen molar-refractivity contribution >= 4 is 26.9 Å². The van der Waals surface area contributed by atoms with E-state index in [1.54, 1.807) is 13.3 Å². The van der Waals surface area contributed by atoms with Crippen LogP contribution in [0.5, 0.6) is 5.75 Å². The highest BCUT2D eigenvalue weighted by Crippen LogP contribution is 2.34. The molecule has 0 aliphatic heterocycles. The number of rotatable bonds is 2. The Morgan fingerprint density at radius 1 is 1.33 bits per heavy atom. The van der Waals surface area contributed by atoms with E-state index >= 15 is 0 Å². The fourth-order valence-electron chi connectivity index (χ4n) is 1.92. The SMILES string of the molecule is COc1cc(Br)c2oc(-c3nccn3C)cc2c1. The number of hydrogen-bond donors (Lipinski definition) is 0. The largest absolute Gasteiger partial charge is 0.497 e. The number of fused-ring (bicyclic) bond motifs is 1. The minimum absolute atomic E-state index is 0.742. The van der Waals surface area contributed by atoms with Crippen molar-refractivity contribution in [1.29, 1.82) is 0 Å². The predicted molar refractivity (Wildman–Crippen MR) is 72.7 cm³/mol. The van der Waals surface area contributed by atoms with Gasteiger partial charge in [0.25, 0.3) is 0 Å². The van der Waals surface area contributed by atoms with E-state index in [-0.39, 0.29) is 0 Å². The van der Waals surface area contributed by atoms with Gasteiger partial charge in [0.05, 0.1) is 11.6 Å². The van der Waals surface area contributed by atoms with Crippen LogP contribution >= 0.6 is 15.9 Å². The number of methoxy groups -OCH3 is 1. The van der Waals surface area contributed by atoms with Gasteiger partial charge in [-0.3, -0.25) is 0 Å². The summed E-state index contributed by atoms with van der Waals surface area (Å²) in [7, 11) is 3.58. The Morgan fingerprint density at radius 3 is 2.83 bits per heavy atom. The first-order valence-corrected chi connectivity index (χ1v) is 6.23. The summed E-state index contributed by atoms with van der Waals surface area (Å²) in [4.78, 5) is 4.28. The first-order chi connectivity index (χ1) is 8.69. The van der Waals surface area contributed by atoms with E-state index in [1.165, 1.54) is 0 Å². The maximum atomic E-state index is 5.84. The maximum absolute atomic E-state index is 5.84. The number of ether oxygens (including phenoxy) is 1. The Balaban J connectivity index is 2.23. The van der Waals surface area contributed by atoms with E-state index in [2.05, 4.69) is 20.9 Å². The summed E-state index contributed by atoms with van der Waals surface area (Å²) in [6.45, 7) is 0. The minimum atomic E-state index is 0.742. The van der Waals surface area contributed by atoms with Crippen LogP contribution in [-0.4, -0.2) is 16.7 Å². The summed E-state index contributed by atoms with van der Waals surface area (Å²) in [5.74, 6) is 2.34. The molecule has 0 radical (unpaired) electrons. The fraction of sp³-hybridized carbons (Fsp3) is 0.154. The van der Waals surface area contributed by atoms with Gasteiger partial charge in [-0.2, -0.15) is 0 Å². The molecule has 2 aromatic heterocycles. The lowest BCUT2D eigenvalue weighted by Gasteiger charge is -2.00. The van der Waals surface area contributed by atoms with Crippen LogP contribution in [0.1, 0.15) is 0 Å². The third-order valence-electron chi connectivity index (χ3n) is 2.82. The van der Waals surface area contributed by atoms with Crippen LogP contribution in [0.15, 0.2) is 39.5 Å². The lowest BCUT2D eigenvalue weighted by Crippen LogP contribution is -1.88. The molecule has 0 N–H and O–H groups in total. The molecule has 3 aromatic rings. The van der Waals surface area contributed by atoms with Gasteiger partial charge in [0, 0.05) is 24.8 Å². The molecular weight excluding hydrogens is 296 g/mol. The summed E-state index contributed by atoms with van der Waals surface area (Å²) < 4.78 is 13.9. The molecule has 5 heteroatoms. The number of hydrogen-bond acceptors (Lipinski definition) is 3. The van der Waals surface area contributed by atoms with Crippen molar-refractivity contribution in [2.24, 2.45) is 7.05 Å². The van der Waals surface area contributed by atoms with Gasteiger partial charge in [0.1, 0.15) is 11.3 Å². The maximum Gasteiger partial charge on any atom is 0.175 e. The topological polar surface area (TPSA) is 40.2 Å². The zero-order chi connectivity index (χ0) is 12.7. The van der Waals surface area contributed by atoms with Crippen LogP contribution in [0, 0.1) is 0 Å². The lowest BCUT2D eigenvalue weighted by molar-refractivity contribution is 0.415. The van der Waals surface area contributed by atoms with Gasteiger partial charge in [-0.1, -0.05) is 0 Å². The molecule has 1 aromatic carbocycles. The summed E-state index contributed by atoms with van der Waals surface area (Å²) in [5.41, 5.74) is 0.800. The highest BCUT2D eigenvalue weighted by molar-refractivity contribution is 9.10. The molecule has 0 aliphatic carbocycles. The van der Waals surface area contributed by atoms with Crippen LogP contribution in [0.3, 0.4) is 0 Å². The van der Waals surface area contributed by atoms with Gasteiger partial charge in [-0.05, 0) is 34.1 Å². The van der Waals surface area contributed by atoms with Crippen LogP contribution < -0.4 is 4.74 Å². The zero-order valence-electron chi connectivity index (χ0n) is 9.98. The zero-order valence-corrected chi connectivity index (χ0v) is 11.6. The molecule has 18 heavy (non-hydrogen) atoms. The molecule has 92 valence electrons. The molecular formula is C13H11BrN2O2. The van der Waals surface area contributed by atoms with E-state index < -0.39 is 0 Å². The first kappa shape index (κ1) is 11.3. The number of benzene rings is 1. The van der Waals surface area contributed by atoms with Gasteiger partial charge in [-0.15, -0.1) is 0 Å². The van der Waals surface area contributed by atoms with Crippen molar-refractivity contribution in [3.8, 4) is 17.3 Å². The Labute approximate surface area is 112 Å². The number of aryl methyl sites for hydroxylation is 1. The van der Waals surface area contributed by atoms with Crippen molar-refractivity contribution in [2.75, 3.05) is 7.11 Å². The third kappa shape index (κ3) is 1.71. The monoisotopic (exact) mass is 306 g/mol. The summed E-state index contributed by atoms with van der Waals surface area (Å²) in [6.07, 6.45) is 3.64. The molecule has 0 amide bonds. The molecule has 4 nitrogen and oxygen atoms in total. The first-order valence-electron chi connectivity index (χ1n) is 5.44. The van der Waals surface area contributed by atoms with E-state index in [9.17, 15) is 0 Å². The van der Waals surface area contributed by atoms with Gasteiger partial charge >= 0.3 is 0 Å². The lowest BCUT2D eigenvalue weighted by atomic mass is 10.2. The molecule has 0 saturated heterocycles. The quantitative estimate of drug-likeness (QED) is 0.726. The highest BCUT2D eigenvalue weighted by atomic mass is 79.9. The number of aromatic nitrogens is 2. The number of halogens is 1. The summed E-state index contributed by atoms with van der Waals surface area (Å²) in [5, 5.41) is 0.985. The molecule has 3 rings (SSSR count). The average molecular weight is 307 g/mol. The van der Waals surface area contributed by atoms with E-state index in [0.29, 0.717) is 0 Å². The molecule has 0 atom stereocenters. The van der Waals surface area contributed by atoms with Crippen LogP contribution in [0.25, 0.3) is 22.6 Å². The van der Waals surface area contributed by atoms with Gasteiger partial charge in [-0.25, -0.2) is 4.98 Å². The number of furan rings is 1. The molecule has 0 bridgehead atoms. The summed E-state index contributed by atoms with van der Waals surface area (Å²) >= 11 is 3.48. The minimum Gasteiger partial charge on any atom is -0.497 e. The average Bonchev–Trinajstić information content (AvgIpc) is 2.94. The molecule has 2 heterocycles. The second-order valence-corrected chi connectivity index (χ2v) is 4.85. The fourth-order valence-corrected chi connectivity index (χ4v) is 2.45. The Morgan fingerprint density at radius 2 is 2.17 bits per heavy atom. The second kappa shape index (κ2) is 4.17. The Bertz CT molecular complexity index is 715. The molecule has 0 spiro atoms. The van der Waals surface area contributed by atoms with Crippen molar-refractivity contribution in [3.63, 3.8) is 0 Å². The van der Waals surface area contributed by atoms with Crippen LogP contribution in [-0.2, 0) is 7.05 Å². The Kier molecular flexibility index (Phi) is 2.63. The van der Waals surface area contributed by atoms with Crippen molar-refractivity contribution < 1.29 is 9.15 Å². The van der Waals surface area contributed by atoms with Gasteiger partial charge in [0.15, 0.2) is 11.6 Å². The van der Waals surface area contributed by atoms with Crippen molar-refractivity contribution in [1.82, 2.24) is 9.55 Å². The number of nitrogens with zero attached hydrogens (tertiary/aromatic N) is 2. The molecule has 0 fully saturated rings. The third-order valence-corrected chi connectivity index (χ3v) is 3.41. The number of imidazole rings is 1. The molecule has 0 unspecified atom stereocenters. The van der Waals surface area contributed by atoms with Crippen LogP contribution in [0.4, 0.5) is 0 Å². The van der Waals surface area contributed by atoms with Crippen molar-refractivity contribution in [3.05, 3.63) is 35.1 Å². The van der Waals surface area contributed by atoms with Gasteiger partial charge in [0.2, 0.25) is 0 Å². The summed E-state index contributed by atoms with van der Waals surface area (Å²) in [6, 6.07) is 5.79. The normalized spacial score (nSPS) is 11.1. The predicted octanol–water partition coefficient (Wildman–Crippen LogP) is 3.60. The smallest absolute Gasteiger partial charge is 0.175 e. The van der Waals surface area contributed by atoms with E-state index in [0.717, 1.165) is 32.8 Å². The van der Waals surface area contributed by atoms with E-state index in [4.69, 9.17) is 9.15 Å². The van der Waals surface area contributed by atoms with Gasteiger partial charge < -0.3 is 13.7 Å².